The van der Waals surface area contributed by atoms with Gasteiger partial charge in [-0.05, 0) is 75.9 Å². The molecule has 1 heterocycles. The molecule has 144 valence electrons. The number of aliphatic imine (C=N–C) groups is 2. The summed E-state index contributed by atoms with van der Waals surface area (Å²) in [5.41, 5.74) is 11.6. The van der Waals surface area contributed by atoms with Crippen molar-refractivity contribution in [3.8, 4) is 0 Å². The lowest BCUT2D eigenvalue weighted by molar-refractivity contribution is 0.909. The summed E-state index contributed by atoms with van der Waals surface area (Å²) in [6.07, 6.45) is 3.87. The Morgan fingerprint density at radius 2 is 0.929 bits per heavy atom. The molecular weight excluding hydrogens is 342 g/mol. The fourth-order valence-corrected chi connectivity index (χ4v) is 3.82. The molecule has 0 fully saturated rings. The van der Waals surface area contributed by atoms with E-state index in [2.05, 4.69) is 82.5 Å². The van der Waals surface area contributed by atoms with Gasteiger partial charge in [-0.15, -0.1) is 0 Å². The maximum Gasteiger partial charge on any atom is 0.0689 e. The second-order valence-corrected chi connectivity index (χ2v) is 7.75. The van der Waals surface area contributed by atoms with Gasteiger partial charge in [-0.1, -0.05) is 35.4 Å². The molecule has 1 aromatic heterocycles. The zero-order valence-electron chi connectivity index (χ0n) is 18.0. The summed E-state index contributed by atoms with van der Waals surface area (Å²) in [6.45, 7) is 12.7. The first-order chi connectivity index (χ1) is 13.3. The summed E-state index contributed by atoms with van der Waals surface area (Å²) in [7, 11) is 2.05. The van der Waals surface area contributed by atoms with Crippen molar-refractivity contribution in [1.82, 2.24) is 4.57 Å². The Morgan fingerprint density at radius 3 is 1.25 bits per heavy atom. The minimum Gasteiger partial charge on any atom is -0.342 e. The normalized spacial score (nSPS) is 11.8. The van der Waals surface area contributed by atoms with Gasteiger partial charge in [-0.25, -0.2) is 0 Å². The highest BCUT2D eigenvalue weighted by molar-refractivity contribution is 5.87. The van der Waals surface area contributed by atoms with Crippen LogP contribution in [-0.2, 0) is 7.05 Å². The second kappa shape index (κ2) is 7.97. The van der Waals surface area contributed by atoms with Gasteiger partial charge in [0.25, 0.3) is 0 Å². The van der Waals surface area contributed by atoms with E-state index in [9.17, 15) is 0 Å². The fourth-order valence-electron chi connectivity index (χ4n) is 3.82. The van der Waals surface area contributed by atoms with Gasteiger partial charge < -0.3 is 4.57 Å². The monoisotopic (exact) mass is 371 g/mol. The van der Waals surface area contributed by atoms with Crippen LogP contribution in [-0.4, -0.2) is 17.0 Å². The van der Waals surface area contributed by atoms with Gasteiger partial charge in [0, 0.05) is 7.05 Å². The molecule has 0 aliphatic heterocycles. The first-order valence-corrected chi connectivity index (χ1v) is 9.66. The fraction of sp³-hybridized carbons (Fsp3) is 0.280. The second-order valence-electron chi connectivity index (χ2n) is 7.75. The summed E-state index contributed by atoms with van der Waals surface area (Å²) in [4.78, 5) is 9.51. The molecule has 28 heavy (non-hydrogen) atoms. The molecule has 2 aromatic carbocycles. The minimum atomic E-state index is 1.05. The van der Waals surface area contributed by atoms with Crippen molar-refractivity contribution in [1.29, 1.82) is 0 Å². The van der Waals surface area contributed by atoms with Crippen LogP contribution in [0.15, 0.2) is 46.4 Å². The average molecular weight is 372 g/mol. The molecule has 0 radical (unpaired) electrons. The Balaban J connectivity index is 1.87. The summed E-state index contributed by atoms with van der Waals surface area (Å²) in [5, 5.41) is 0. The number of hydrogen-bond donors (Lipinski definition) is 0. The Bertz CT molecular complexity index is 950. The molecule has 0 unspecified atom stereocenters. The Morgan fingerprint density at radius 1 is 0.607 bits per heavy atom. The molecule has 3 rings (SSSR count). The standard InChI is InChI=1S/C25H29N3/c1-16-10-18(3)24(19(4)11-16)26-14-22-8-9-23(28(22)7)15-27-25-20(5)12-17(2)13-21(25)6/h8-15H,1-7H3. The highest BCUT2D eigenvalue weighted by atomic mass is 15.0. The maximum absolute atomic E-state index is 4.76. The molecule has 0 atom stereocenters. The predicted octanol–water partition coefficient (Wildman–Crippen LogP) is 6.38. The molecule has 0 saturated carbocycles. The molecule has 3 aromatic rings. The van der Waals surface area contributed by atoms with Gasteiger partial charge >= 0.3 is 0 Å². The summed E-state index contributed by atoms with van der Waals surface area (Å²) < 4.78 is 2.12. The van der Waals surface area contributed by atoms with Gasteiger partial charge in [0.2, 0.25) is 0 Å². The van der Waals surface area contributed by atoms with Crippen molar-refractivity contribution >= 4 is 23.8 Å². The van der Waals surface area contributed by atoms with Crippen molar-refractivity contribution in [2.75, 3.05) is 0 Å². The van der Waals surface area contributed by atoms with Crippen LogP contribution in [0.3, 0.4) is 0 Å². The summed E-state index contributed by atoms with van der Waals surface area (Å²) in [6, 6.07) is 12.9. The van der Waals surface area contributed by atoms with Crippen LogP contribution in [0.4, 0.5) is 11.4 Å². The van der Waals surface area contributed by atoms with E-state index in [0.717, 1.165) is 22.8 Å². The Hall–Kier alpha value is -2.94. The quantitative estimate of drug-likeness (QED) is 0.477. The molecule has 0 saturated heterocycles. The molecule has 0 aliphatic carbocycles. The number of aromatic nitrogens is 1. The largest absolute Gasteiger partial charge is 0.342 e. The van der Waals surface area contributed by atoms with E-state index in [-0.39, 0.29) is 0 Å². The number of benzene rings is 2. The smallest absolute Gasteiger partial charge is 0.0689 e. The molecule has 3 nitrogen and oxygen atoms in total. The SMILES string of the molecule is Cc1cc(C)c(N=Cc2ccc(C=Nc3c(C)cc(C)cc3C)n2C)c(C)c1. The molecule has 0 N–H and O–H groups in total. The average Bonchev–Trinajstić information content (AvgIpc) is 2.93. The van der Waals surface area contributed by atoms with Crippen molar-refractivity contribution < 1.29 is 0 Å². The number of rotatable bonds is 4. The minimum absolute atomic E-state index is 1.05. The van der Waals surface area contributed by atoms with Crippen LogP contribution >= 0.6 is 0 Å². The number of nitrogens with zero attached hydrogens (tertiary/aromatic N) is 3. The van der Waals surface area contributed by atoms with Gasteiger partial charge in [0.1, 0.15) is 0 Å². The van der Waals surface area contributed by atoms with Crippen molar-refractivity contribution in [3.63, 3.8) is 0 Å². The molecule has 0 bridgehead atoms. The van der Waals surface area contributed by atoms with E-state index in [1.165, 1.54) is 33.4 Å². The Kier molecular flexibility index (Phi) is 5.64. The van der Waals surface area contributed by atoms with Crippen LogP contribution in [0.1, 0.15) is 44.8 Å². The third-order valence-electron chi connectivity index (χ3n) is 5.12. The lowest BCUT2D eigenvalue weighted by atomic mass is 10.1. The molecule has 3 heteroatoms. The van der Waals surface area contributed by atoms with Crippen molar-refractivity contribution in [3.05, 3.63) is 81.2 Å². The third-order valence-corrected chi connectivity index (χ3v) is 5.12. The van der Waals surface area contributed by atoms with E-state index in [0.29, 0.717) is 0 Å². The zero-order valence-corrected chi connectivity index (χ0v) is 18.0. The van der Waals surface area contributed by atoms with Gasteiger partial charge in [0.15, 0.2) is 0 Å². The van der Waals surface area contributed by atoms with Crippen LogP contribution in [0.5, 0.6) is 0 Å². The van der Waals surface area contributed by atoms with E-state index < -0.39 is 0 Å². The van der Waals surface area contributed by atoms with Crippen LogP contribution in [0, 0.1) is 41.5 Å². The van der Waals surface area contributed by atoms with Crippen molar-refractivity contribution in [2.24, 2.45) is 17.0 Å². The van der Waals surface area contributed by atoms with E-state index in [1.807, 2.05) is 19.5 Å². The van der Waals surface area contributed by atoms with Crippen LogP contribution in [0.25, 0.3) is 0 Å². The van der Waals surface area contributed by atoms with Gasteiger partial charge in [-0.3, -0.25) is 9.98 Å². The first kappa shape index (κ1) is 19.8. The zero-order chi connectivity index (χ0) is 20.4. The van der Waals surface area contributed by atoms with Crippen molar-refractivity contribution in [2.45, 2.75) is 41.5 Å². The van der Waals surface area contributed by atoms with Gasteiger partial charge in [-0.2, -0.15) is 0 Å². The lowest BCUT2D eigenvalue weighted by Gasteiger charge is -2.07. The number of aryl methyl sites for hydroxylation is 6. The molecule has 0 aliphatic rings. The van der Waals surface area contributed by atoms with Crippen LogP contribution < -0.4 is 0 Å². The number of hydrogen-bond acceptors (Lipinski definition) is 2. The highest BCUT2D eigenvalue weighted by Crippen LogP contribution is 2.26. The predicted molar refractivity (Wildman–Crippen MR) is 121 cm³/mol. The van der Waals surface area contributed by atoms with Crippen LogP contribution in [0.2, 0.25) is 0 Å². The summed E-state index contributed by atoms with van der Waals surface area (Å²) >= 11 is 0. The summed E-state index contributed by atoms with van der Waals surface area (Å²) in [5.74, 6) is 0. The lowest BCUT2D eigenvalue weighted by Crippen LogP contribution is -2.00. The van der Waals surface area contributed by atoms with E-state index in [4.69, 9.17) is 9.98 Å². The Labute approximate surface area is 168 Å². The molecule has 0 spiro atoms. The topological polar surface area (TPSA) is 29.6 Å². The molecule has 0 amide bonds. The highest BCUT2D eigenvalue weighted by Gasteiger charge is 2.05. The molecular formula is C25H29N3. The maximum atomic E-state index is 4.76. The van der Waals surface area contributed by atoms with E-state index in [1.54, 1.807) is 0 Å². The van der Waals surface area contributed by atoms with E-state index >= 15 is 0 Å². The first-order valence-electron chi connectivity index (χ1n) is 9.66. The third kappa shape index (κ3) is 4.14. The van der Waals surface area contributed by atoms with Gasteiger partial charge in [0.05, 0.1) is 35.2 Å².